The van der Waals surface area contributed by atoms with Crippen molar-refractivity contribution in [3.8, 4) is 5.75 Å². The maximum atomic E-state index is 13.0. The highest BCUT2D eigenvalue weighted by molar-refractivity contribution is 5.99. The van der Waals surface area contributed by atoms with Crippen LogP contribution >= 0.6 is 0 Å². The number of piperazine rings is 1. The number of carbonyl (C=O) groups excluding carboxylic acids is 1. The summed E-state index contributed by atoms with van der Waals surface area (Å²) in [4.78, 5) is 27.1. The van der Waals surface area contributed by atoms with E-state index < -0.39 is 12.1 Å². The Kier molecular flexibility index (Phi) is 6.96. The summed E-state index contributed by atoms with van der Waals surface area (Å²) in [5.41, 5.74) is 3.72. The zero-order valence-electron chi connectivity index (χ0n) is 18.2. The quantitative estimate of drug-likeness (QED) is 0.546. The molecule has 2 aromatic heterocycles. The van der Waals surface area contributed by atoms with Gasteiger partial charge in [0, 0.05) is 55.4 Å². The van der Waals surface area contributed by atoms with Gasteiger partial charge in [-0.3, -0.25) is 9.48 Å². The van der Waals surface area contributed by atoms with Gasteiger partial charge in [-0.1, -0.05) is 0 Å². The Labute approximate surface area is 187 Å². The number of hydrogen-bond donors (Lipinski definition) is 3. The van der Waals surface area contributed by atoms with Gasteiger partial charge in [0.15, 0.2) is 0 Å². The second kappa shape index (κ2) is 9.53. The summed E-state index contributed by atoms with van der Waals surface area (Å²) in [6.07, 6.45) is -1.24. The van der Waals surface area contributed by atoms with Gasteiger partial charge < -0.3 is 25.0 Å². The molecule has 1 aliphatic rings. The van der Waals surface area contributed by atoms with Crippen molar-refractivity contribution in [1.29, 1.82) is 0 Å². The molecule has 1 aliphatic heterocycles. The number of aryl methyl sites for hydroxylation is 2. The van der Waals surface area contributed by atoms with Crippen LogP contribution in [0, 0.1) is 6.92 Å². The standard InChI is InChI=1S/C19H23N5O2.C2HF3O2/c1-12-6-14(26-3)7-16-15(12)8-17(22-16)19(25)24-5-4-20-18(11-24)13-9-21-23(2)10-13;3-2(4,5)1(6)7/h6-10,18,20,22H,4-5,11H2,1-3H3;(H,6,7). The predicted octanol–water partition coefficient (Wildman–Crippen LogP) is 2.64. The molecular weight excluding hydrogens is 443 g/mol. The topological polar surface area (TPSA) is 112 Å². The Morgan fingerprint density at radius 3 is 2.55 bits per heavy atom. The number of aromatic nitrogens is 3. The number of amides is 1. The van der Waals surface area contributed by atoms with Crippen molar-refractivity contribution in [2.45, 2.75) is 19.1 Å². The predicted molar refractivity (Wildman–Crippen MR) is 113 cm³/mol. The molecule has 4 rings (SSSR count). The number of fused-ring (bicyclic) bond motifs is 1. The Morgan fingerprint density at radius 2 is 1.97 bits per heavy atom. The number of methoxy groups -OCH3 is 1. The van der Waals surface area contributed by atoms with Crippen molar-refractivity contribution >= 4 is 22.8 Å². The number of aliphatic carboxylic acids is 1. The minimum Gasteiger partial charge on any atom is -0.497 e. The highest BCUT2D eigenvalue weighted by atomic mass is 19.4. The van der Waals surface area contributed by atoms with Crippen molar-refractivity contribution in [2.75, 3.05) is 26.7 Å². The Morgan fingerprint density at radius 1 is 1.27 bits per heavy atom. The number of carboxylic acids is 1. The lowest BCUT2D eigenvalue weighted by molar-refractivity contribution is -0.192. The van der Waals surface area contributed by atoms with Crippen molar-refractivity contribution in [1.82, 2.24) is 25.0 Å². The number of benzene rings is 1. The number of carboxylic acid groups (broad SMARTS) is 1. The molecule has 0 bridgehead atoms. The van der Waals surface area contributed by atoms with E-state index in [-0.39, 0.29) is 11.9 Å². The highest BCUT2D eigenvalue weighted by Gasteiger charge is 2.38. The molecule has 9 nitrogen and oxygen atoms in total. The van der Waals surface area contributed by atoms with E-state index in [1.165, 1.54) is 0 Å². The van der Waals surface area contributed by atoms with Crippen LogP contribution in [0.15, 0.2) is 30.6 Å². The molecule has 0 spiro atoms. The molecule has 0 aliphatic carbocycles. The lowest BCUT2D eigenvalue weighted by Gasteiger charge is -2.33. The molecule has 3 aromatic rings. The number of rotatable bonds is 3. The first kappa shape index (κ1) is 24.1. The third-order valence-electron chi connectivity index (χ3n) is 5.22. The van der Waals surface area contributed by atoms with Crippen molar-refractivity contribution in [2.24, 2.45) is 7.05 Å². The Balaban J connectivity index is 0.000000383. The van der Waals surface area contributed by atoms with Gasteiger partial charge in [-0.2, -0.15) is 18.3 Å². The fraction of sp³-hybridized carbons (Fsp3) is 0.381. The van der Waals surface area contributed by atoms with E-state index in [1.54, 1.807) is 11.8 Å². The molecule has 1 aromatic carbocycles. The molecule has 3 heterocycles. The molecule has 1 unspecified atom stereocenters. The van der Waals surface area contributed by atoms with Gasteiger partial charge in [0.05, 0.1) is 19.3 Å². The molecule has 1 fully saturated rings. The first-order valence-electron chi connectivity index (χ1n) is 9.98. The molecule has 33 heavy (non-hydrogen) atoms. The number of halogens is 3. The first-order chi connectivity index (χ1) is 15.5. The summed E-state index contributed by atoms with van der Waals surface area (Å²) < 4.78 is 38.8. The average molecular weight is 467 g/mol. The summed E-state index contributed by atoms with van der Waals surface area (Å²) in [7, 11) is 3.55. The smallest absolute Gasteiger partial charge is 0.490 e. The molecule has 0 radical (unpaired) electrons. The SMILES string of the molecule is COc1cc(C)c2cc(C(=O)N3CCNC(c4cnn(C)c4)C3)[nH]c2c1.O=C(O)C(F)(F)F. The molecule has 3 N–H and O–H groups in total. The monoisotopic (exact) mass is 467 g/mol. The van der Waals surface area contributed by atoms with E-state index in [4.69, 9.17) is 14.6 Å². The van der Waals surface area contributed by atoms with Crippen LogP contribution < -0.4 is 10.1 Å². The number of alkyl halides is 3. The summed E-state index contributed by atoms with van der Waals surface area (Å²) in [6, 6.07) is 5.95. The van der Waals surface area contributed by atoms with Gasteiger partial charge in [-0.15, -0.1) is 0 Å². The van der Waals surface area contributed by atoms with Crippen molar-refractivity contribution in [3.63, 3.8) is 0 Å². The number of carbonyl (C=O) groups is 2. The van der Waals surface area contributed by atoms with E-state index in [0.29, 0.717) is 18.8 Å². The summed E-state index contributed by atoms with van der Waals surface area (Å²) in [5.74, 6) is -1.95. The number of ether oxygens (including phenoxy) is 1. The van der Waals surface area contributed by atoms with Crippen LogP contribution in [0.5, 0.6) is 5.75 Å². The molecular formula is C21H24F3N5O4. The van der Waals surface area contributed by atoms with Crippen LogP contribution in [0.1, 0.15) is 27.7 Å². The number of hydrogen-bond acceptors (Lipinski definition) is 5. The van der Waals surface area contributed by atoms with Crippen LogP contribution in [-0.2, 0) is 11.8 Å². The third kappa shape index (κ3) is 5.64. The minimum absolute atomic E-state index is 0.0231. The zero-order valence-corrected chi connectivity index (χ0v) is 18.2. The summed E-state index contributed by atoms with van der Waals surface area (Å²) >= 11 is 0. The van der Waals surface area contributed by atoms with Crippen LogP contribution in [0.2, 0.25) is 0 Å². The van der Waals surface area contributed by atoms with Crippen molar-refractivity contribution in [3.05, 3.63) is 47.4 Å². The Bertz CT molecular complexity index is 1150. The Hall–Kier alpha value is -3.54. The number of aromatic amines is 1. The number of nitrogens with zero attached hydrogens (tertiary/aromatic N) is 3. The minimum atomic E-state index is -5.08. The van der Waals surface area contributed by atoms with E-state index in [1.807, 2.05) is 49.5 Å². The van der Waals surface area contributed by atoms with E-state index in [2.05, 4.69) is 15.4 Å². The largest absolute Gasteiger partial charge is 0.497 e. The zero-order chi connectivity index (χ0) is 24.3. The second-order valence-corrected chi connectivity index (χ2v) is 7.60. The normalized spacial score (nSPS) is 16.3. The molecule has 12 heteroatoms. The van der Waals surface area contributed by atoms with Crippen LogP contribution in [0.25, 0.3) is 10.9 Å². The molecule has 1 atom stereocenters. The lowest BCUT2D eigenvalue weighted by Crippen LogP contribution is -2.48. The first-order valence-corrected chi connectivity index (χ1v) is 9.98. The van der Waals surface area contributed by atoms with Gasteiger partial charge in [0.25, 0.3) is 5.91 Å². The molecule has 1 saturated heterocycles. The fourth-order valence-electron chi connectivity index (χ4n) is 3.57. The highest BCUT2D eigenvalue weighted by Crippen LogP contribution is 2.26. The van der Waals surface area contributed by atoms with Crippen LogP contribution in [0.3, 0.4) is 0 Å². The maximum Gasteiger partial charge on any atom is 0.490 e. The molecule has 178 valence electrons. The summed E-state index contributed by atoms with van der Waals surface area (Å²) in [5, 5.41) is 15.9. The summed E-state index contributed by atoms with van der Waals surface area (Å²) in [6.45, 7) is 4.10. The third-order valence-corrected chi connectivity index (χ3v) is 5.22. The maximum absolute atomic E-state index is 13.0. The second-order valence-electron chi connectivity index (χ2n) is 7.60. The molecule has 0 saturated carbocycles. The van der Waals surface area contributed by atoms with Gasteiger partial charge >= 0.3 is 12.1 Å². The van der Waals surface area contributed by atoms with Gasteiger partial charge in [0.1, 0.15) is 11.4 Å². The van der Waals surface area contributed by atoms with Crippen molar-refractivity contribution < 1.29 is 32.6 Å². The van der Waals surface area contributed by atoms with Crippen LogP contribution in [-0.4, -0.2) is 69.6 Å². The number of nitrogens with one attached hydrogen (secondary N) is 2. The molecule has 1 amide bonds. The van der Waals surface area contributed by atoms with Gasteiger partial charge in [-0.25, -0.2) is 4.79 Å². The van der Waals surface area contributed by atoms with Gasteiger partial charge in [-0.05, 0) is 24.6 Å². The lowest BCUT2D eigenvalue weighted by atomic mass is 10.1. The van der Waals surface area contributed by atoms with E-state index >= 15 is 0 Å². The number of H-pyrrole nitrogens is 1. The fourth-order valence-corrected chi connectivity index (χ4v) is 3.57. The van der Waals surface area contributed by atoms with Crippen LogP contribution in [0.4, 0.5) is 13.2 Å². The van der Waals surface area contributed by atoms with E-state index in [0.717, 1.165) is 34.3 Å². The van der Waals surface area contributed by atoms with E-state index in [9.17, 15) is 18.0 Å². The van der Waals surface area contributed by atoms with Gasteiger partial charge in [0.2, 0.25) is 0 Å². The average Bonchev–Trinajstić information content (AvgIpc) is 3.39.